The molecule has 5 nitrogen and oxygen atoms in total. The van der Waals surface area contributed by atoms with Crippen LogP contribution in [0.5, 0.6) is 11.5 Å². The van der Waals surface area contributed by atoms with E-state index in [1.165, 1.54) is 24.0 Å². The topological polar surface area (TPSA) is 50.8 Å². The summed E-state index contributed by atoms with van der Waals surface area (Å²) in [5, 5.41) is 3.05. The SMILES string of the molecule is O=C(NC1CC1)c1ccc(CN(Cc2cc3c(cc2Br)OCCO3)C2CC2)cc1. The lowest BCUT2D eigenvalue weighted by molar-refractivity contribution is 0.0951. The minimum Gasteiger partial charge on any atom is -0.486 e. The quantitative estimate of drug-likeness (QED) is 0.675. The van der Waals surface area contributed by atoms with Crippen molar-refractivity contribution in [2.45, 2.75) is 50.9 Å². The summed E-state index contributed by atoms with van der Waals surface area (Å²) in [4.78, 5) is 14.7. The van der Waals surface area contributed by atoms with Crippen LogP contribution >= 0.6 is 15.9 Å². The molecule has 1 heterocycles. The highest BCUT2D eigenvalue weighted by molar-refractivity contribution is 9.10. The molecule has 0 saturated heterocycles. The van der Waals surface area contributed by atoms with E-state index in [4.69, 9.17) is 9.47 Å². The molecule has 0 atom stereocenters. The van der Waals surface area contributed by atoms with Crippen molar-refractivity contribution in [2.75, 3.05) is 13.2 Å². The average molecular weight is 457 g/mol. The standard InChI is InChI=1S/C23H25BrN2O3/c24-20-12-22-21(28-9-10-29-22)11-17(20)14-26(19-7-8-19)13-15-1-3-16(4-2-15)23(27)25-18-5-6-18/h1-4,11-12,18-19H,5-10,13-14H2,(H,25,27). The van der Waals surface area contributed by atoms with Gasteiger partial charge in [-0.2, -0.15) is 0 Å². The molecule has 2 fully saturated rings. The van der Waals surface area contributed by atoms with Gasteiger partial charge in [-0.1, -0.05) is 28.1 Å². The number of rotatable bonds is 7. The first-order valence-corrected chi connectivity index (χ1v) is 11.2. The Balaban J connectivity index is 1.28. The molecular formula is C23H25BrN2O3. The van der Waals surface area contributed by atoms with Gasteiger partial charge in [0, 0.05) is 35.2 Å². The Morgan fingerprint density at radius 2 is 1.69 bits per heavy atom. The molecule has 1 N–H and O–H groups in total. The zero-order valence-electron chi connectivity index (χ0n) is 16.3. The maximum absolute atomic E-state index is 12.2. The van der Waals surface area contributed by atoms with Crippen molar-refractivity contribution in [3.63, 3.8) is 0 Å². The number of hydrogen-bond acceptors (Lipinski definition) is 4. The largest absolute Gasteiger partial charge is 0.486 e. The van der Waals surface area contributed by atoms with Gasteiger partial charge in [-0.05, 0) is 61.1 Å². The number of halogens is 1. The van der Waals surface area contributed by atoms with Crippen molar-refractivity contribution in [3.05, 3.63) is 57.6 Å². The van der Waals surface area contributed by atoms with Gasteiger partial charge >= 0.3 is 0 Å². The fourth-order valence-corrected chi connectivity index (χ4v) is 4.14. The van der Waals surface area contributed by atoms with E-state index in [1.54, 1.807) is 0 Å². The van der Waals surface area contributed by atoms with Gasteiger partial charge in [0.2, 0.25) is 0 Å². The molecule has 152 valence electrons. The van der Waals surface area contributed by atoms with Crippen LogP contribution in [0.2, 0.25) is 0 Å². The molecule has 1 amide bonds. The van der Waals surface area contributed by atoms with Gasteiger partial charge in [0.05, 0.1) is 0 Å². The Morgan fingerprint density at radius 3 is 2.34 bits per heavy atom. The zero-order chi connectivity index (χ0) is 19.8. The predicted molar refractivity (Wildman–Crippen MR) is 114 cm³/mol. The molecule has 5 rings (SSSR count). The molecule has 2 saturated carbocycles. The molecule has 2 aliphatic carbocycles. The van der Waals surface area contributed by atoms with E-state index in [2.05, 4.69) is 44.3 Å². The second-order valence-electron chi connectivity index (χ2n) is 8.17. The molecule has 0 unspecified atom stereocenters. The fourth-order valence-electron chi connectivity index (χ4n) is 3.69. The summed E-state index contributed by atoms with van der Waals surface area (Å²) in [6.45, 7) is 2.92. The fraction of sp³-hybridized carbons (Fsp3) is 0.435. The summed E-state index contributed by atoms with van der Waals surface area (Å²) in [5.74, 6) is 1.68. The molecule has 2 aromatic carbocycles. The Labute approximate surface area is 179 Å². The first kappa shape index (κ1) is 18.9. The highest BCUT2D eigenvalue weighted by Crippen LogP contribution is 2.38. The van der Waals surface area contributed by atoms with Crippen molar-refractivity contribution >= 4 is 21.8 Å². The Bertz CT molecular complexity index is 907. The van der Waals surface area contributed by atoms with Gasteiger partial charge in [0.1, 0.15) is 13.2 Å². The van der Waals surface area contributed by atoms with Gasteiger partial charge in [-0.15, -0.1) is 0 Å². The molecule has 2 aromatic rings. The second kappa shape index (κ2) is 8.00. The molecule has 0 bridgehead atoms. The van der Waals surface area contributed by atoms with Gasteiger partial charge in [0.25, 0.3) is 5.91 Å². The maximum atomic E-state index is 12.2. The van der Waals surface area contributed by atoms with E-state index in [-0.39, 0.29) is 5.91 Å². The van der Waals surface area contributed by atoms with Crippen molar-refractivity contribution in [2.24, 2.45) is 0 Å². The Morgan fingerprint density at radius 1 is 1.00 bits per heavy atom. The van der Waals surface area contributed by atoms with Crippen molar-refractivity contribution < 1.29 is 14.3 Å². The lowest BCUT2D eigenvalue weighted by Crippen LogP contribution is -2.26. The third-order valence-corrected chi connectivity index (χ3v) is 6.40. The third-order valence-electron chi connectivity index (χ3n) is 5.66. The van der Waals surface area contributed by atoms with E-state index < -0.39 is 0 Å². The van der Waals surface area contributed by atoms with Crippen LogP contribution in [0.1, 0.15) is 47.2 Å². The number of carbonyl (C=O) groups is 1. The van der Waals surface area contributed by atoms with Crippen LogP contribution in [0.25, 0.3) is 0 Å². The minimum absolute atomic E-state index is 0.0401. The summed E-state index contributed by atoms with van der Waals surface area (Å²) in [6, 6.07) is 13.2. The number of benzene rings is 2. The van der Waals surface area contributed by atoms with Crippen LogP contribution in [0.15, 0.2) is 40.9 Å². The summed E-state index contributed by atoms with van der Waals surface area (Å²) < 4.78 is 12.5. The van der Waals surface area contributed by atoms with E-state index in [1.807, 2.05) is 18.2 Å². The molecule has 6 heteroatoms. The molecular weight excluding hydrogens is 432 g/mol. The summed E-state index contributed by atoms with van der Waals surface area (Å²) in [5.41, 5.74) is 3.18. The molecule has 0 spiro atoms. The van der Waals surface area contributed by atoms with E-state index in [0.29, 0.717) is 25.3 Å². The van der Waals surface area contributed by atoms with Gasteiger partial charge in [-0.25, -0.2) is 0 Å². The normalized spacial score (nSPS) is 18.0. The van der Waals surface area contributed by atoms with Crippen LogP contribution in [-0.2, 0) is 13.1 Å². The van der Waals surface area contributed by atoms with Crippen LogP contribution in [0.3, 0.4) is 0 Å². The Hall–Kier alpha value is -2.05. The van der Waals surface area contributed by atoms with Crippen molar-refractivity contribution in [1.29, 1.82) is 0 Å². The van der Waals surface area contributed by atoms with Crippen LogP contribution in [-0.4, -0.2) is 36.1 Å². The number of ether oxygens (including phenoxy) is 2. The molecule has 0 aromatic heterocycles. The number of carbonyl (C=O) groups excluding carboxylic acids is 1. The molecule has 0 radical (unpaired) electrons. The van der Waals surface area contributed by atoms with Gasteiger partial charge in [-0.3, -0.25) is 9.69 Å². The number of hydrogen-bond donors (Lipinski definition) is 1. The number of nitrogens with one attached hydrogen (secondary N) is 1. The van der Waals surface area contributed by atoms with Gasteiger partial charge in [0.15, 0.2) is 11.5 Å². The number of amides is 1. The summed E-state index contributed by atoms with van der Waals surface area (Å²) in [6.07, 6.45) is 4.69. The second-order valence-corrected chi connectivity index (χ2v) is 9.02. The van der Waals surface area contributed by atoms with E-state index in [0.717, 1.165) is 47.5 Å². The average Bonchev–Trinajstić information content (AvgIpc) is 3.63. The van der Waals surface area contributed by atoms with Crippen LogP contribution in [0.4, 0.5) is 0 Å². The monoisotopic (exact) mass is 456 g/mol. The zero-order valence-corrected chi connectivity index (χ0v) is 17.9. The summed E-state index contributed by atoms with van der Waals surface area (Å²) >= 11 is 3.70. The number of fused-ring (bicyclic) bond motifs is 1. The molecule has 3 aliphatic rings. The Kier molecular flexibility index (Phi) is 5.22. The molecule has 29 heavy (non-hydrogen) atoms. The van der Waals surface area contributed by atoms with Crippen LogP contribution in [0, 0.1) is 0 Å². The van der Waals surface area contributed by atoms with E-state index in [9.17, 15) is 4.79 Å². The van der Waals surface area contributed by atoms with Gasteiger partial charge < -0.3 is 14.8 Å². The third kappa shape index (κ3) is 4.59. The van der Waals surface area contributed by atoms with Crippen molar-refractivity contribution in [1.82, 2.24) is 10.2 Å². The first-order valence-electron chi connectivity index (χ1n) is 10.4. The predicted octanol–water partition coefficient (Wildman–Crippen LogP) is 4.28. The highest BCUT2D eigenvalue weighted by Gasteiger charge is 2.30. The van der Waals surface area contributed by atoms with Crippen LogP contribution < -0.4 is 14.8 Å². The number of nitrogens with zero attached hydrogens (tertiary/aromatic N) is 1. The minimum atomic E-state index is 0.0401. The highest BCUT2D eigenvalue weighted by atomic mass is 79.9. The first-order chi connectivity index (χ1) is 14.2. The lowest BCUT2D eigenvalue weighted by atomic mass is 10.1. The molecule has 1 aliphatic heterocycles. The maximum Gasteiger partial charge on any atom is 0.251 e. The summed E-state index contributed by atoms with van der Waals surface area (Å²) in [7, 11) is 0. The smallest absolute Gasteiger partial charge is 0.251 e. The van der Waals surface area contributed by atoms with Crippen molar-refractivity contribution in [3.8, 4) is 11.5 Å². The lowest BCUT2D eigenvalue weighted by Gasteiger charge is -2.25. The van der Waals surface area contributed by atoms with E-state index >= 15 is 0 Å².